The van der Waals surface area contributed by atoms with Crippen molar-refractivity contribution in [3.8, 4) is 28.8 Å². The van der Waals surface area contributed by atoms with Gasteiger partial charge in [0.05, 0.1) is 0 Å². The largest absolute Gasteiger partial charge is 0.464 e. The van der Waals surface area contributed by atoms with Crippen molar-refractivity contribution in [3.05, 3.63) is 65.1 Å². The van der Waals surface area contributed by atoms with Crippen LogP contribution in [0.25, 0.3) is 11.4 Å². The first kappa shape index (κ1) is 21.2. The molecule has 0 fully saturated rings. The van der Waals surface area contributed by atoms with Gasteiger partial charge in [0.1, 0.15) is 11.4 Å². The number of halogens is 2. The van der Waals surface area contributed by atoms with Crippen LogP contribution in [0.1, 0.15) is 24.3 Å². The molecule has 30 heavy (non-hydrogen) atoms. The molecule has 0 saturated carbocycles. The van der Waals surface area contributed by atoms with Gasteiger partial charge >= 0.3 is 0 Å². The molecule has 7 nitrogen and oxygen atoms in total. The van der Waals surface area contributed by atoms with E-state index in [2.05, 4.69) is 9.97 Å². The smallest absolute Gasteiger partial charge is 0.258 e. The molecule has 1 atom stereocenters. The minimum absolute atomic E-state index is 0.0128. The highest BCUT2D eigenvalue weighted by molar-refractivity contribution is 6.30. The van der Waals surface area contributed by atoms with Gasteiger partial charge in [-0.3, -0.25) is 9.59 Å². The molecule has 9 heteroatoms. The first-order valence-electron chi connectivity index (χ1n) is 8.82. The molecule has 1 heterocycles. The lowest BCUT2D eigenvalue weighted by Gasteiger charge is -2.12. The number of Topliss-reactive ketones (excluding diaryl/α,β-unsaturated/α-hetero) is 1. The quantitative estimate of drug-likeness (QED) is 0.565. The van der Waals surface area contributed by atoms with Crippen molar-refractivity contribution in [3.63, 3.8) is 0 Å². The number of carbonyl (C=O) groups excluding carboxylic acids is 2. The number of rotatable bonds is 7. The maximum Gasteiger partial charge on any atom is 0.258 e. The fourth-order valence-corrected chi connectivity index (χ4v) is 2.55. The monoisotopic (exact) mass is 429 g/mol. The summed E-state index contributed by atoms with van der Waals surface area (Å²) in [5.74, 6) is -0.928. The van der Waals surface area contributed by atoms with E-state index in [1.807, 2.05) is 0 Å². The Hall–Kier alpha value is -3.52. The third kappa shape index (κ3) is 5.09. The first-order chi connectivity index (χ1) is 14.2. The molecule has 1 amide bonds. The predicted octanol–water partition coefficient (Wildman–Crippen LogP) is 4.18. The highest BCUT2D eigenvalue weighted by Crippen LogP contribution is 2.29. The van der Waals surface area contributed by atoms with Gasteiger partial charge in [0.15, 0.2) is 29.3 Å². The number of hydrogen-bond acceptors (Lipinski definition) is 6. The van der Waals surface area contributed by atoms with Crippen molar-refractivity contribution in [2.75, 3.05) is 0 Å². The van der Waals surface area contributed by atoms with Crippen molar-refractivity contribution in [2.45, 2.75) is 20.0 Å². The summed E-state index contributed by atoms with van der Waals surface area (Å²) in [5.41, 5.74) is 5.88. The van der Waals surface area contributed by atoms with E-state index in [0.717, 1.165) is 0 Å². The highest BCUT2D eigenvalue weighted by atomic mass is 35.5. The summed E-state index contributed by atoms with van der Waals surface area (Å²) >= 11 is 5.87. The molecule has 0 bridgehead atoms. The summed E-state index contributed by atoms with van der Waals surface area (Å²) < 4.78 is 24.8. The van der Waals surface area contributed by atoms with Gasteiger partial charge in [-0.1, -0.05) is 11.6 Å². The Labute approximate surface area is 176 Å². The number of amides is 1. The Bertz CT molecular complexity index is 1110. The molecule has 0 aliphatic heterocycles. The van der Waals surface area contributed by atoms with Crippen molar-refractivity contribution in [1.82, 2.24) is 9.97 Å². The fourth-order valence-electron chi connectivity index (χ4n) is 2.39. The Morgan fingerprint density at radius 3 is 2.43 bits per heavy atom. The average Bonchev–Trinajstić information content (AvgIpc) is 2.71. The summed E-state index contributed by atoms with van der Waals surface area (Å²) in [4.78, 5) is 31.5. The number of primary amides is 1. The van der Waals surface area contributed by atoms with E-state index < -0.39 is 17.8 Å². The second-order valence-corrected chi connectivity index (χ2v) is 6.77. The number of ether oxygens (including phenoxy) is 2. The van der Waals surface area contributed by atoms with E-state index >= 15 is 0 Å². The molecule has 0 spiro atoms. The lowest BCUT2D eigenvalue weighted by Crippen LogP contribution is -2.31. The van der Waals surface area contributed by atoms with E-state index in [4.69, 9.17) is 26.8 Å². The van der Waals surface area contributed by atoms with Crippen molar-refractivity contribution in [1.29, 1.82) is 0 Å². The summed E-state index contributed by atoms with van der Waals surface area (Å²) in [7, 11) is 0. The van der Waals surface area contributed by atoms with Gasteiger partial charge in [0, 0.05) is 29.6 Å². The molecule has 2 N–H and O–H groups in total. The molecular formula is C21H17ClFN3O4. The molecule has 0 aliphatic rings. The van der Waals surface area contributed by atoms with Crippen LogP contribution in [0.4, 0.5) is 4.39 Å². The van der Waals surface area contributed by atoms with Gasteiger partial charge in [-0.2, -0.15) is 4.98 Å². The molecule has 2 aromatic carbocycles. The summed E-state index contributed by atoms with van der Waals surface area (Å²) in [6.45, 7) is 2.82. The van der Waals surface area contributed by atoms with E-state index in [1.165, 1.54) is 38.1 Å². The number of carbonyl (C=O) groups is 2. The van der Waals surface area contributed by atoms with E-state index in [1.54, 1.807) is 24.3 Å². The zero-order valence-corrected chi connectivity index (χ0v) is 16.8. The van der Waals surface area contributed by atoms with Crippen LogP contribution in [0.15, 0.2) is 48.5 Å². The third-order valence-electron chi connectivity index (χ3n) is 4.00. The van der Waals surface area contributed by atoms with E-state index in [-0.39, 0.29) is 28.9 Å². The first-order valence-corrected chi connectivity index (χ1v) is 9.20. The summed E-state index contributed by atoms with van der Waals surface area (Å²) in [6, 6.07) is 11.8. The zero-order chi connectivity index (χ0) is 21.8. The normalized spacial score (nSPS) is 11.6. The van der Waals surface area contributed by atoms with E-state index in [9.17, 15) is 14.0 Å². The van der Waals surface area contributed by atoms with Gasteiger partial charge < -0.3 is 15.2 Å². The molecule has 154 valence electrons. The Kier molecular flexibility index (Phi) is 6.27. The Morgan fingerprint density at radius 1 is 1.10 bits per heavy atom. The maximum absolute atomic E-state index is 13.8. The topological polar surface area (TPSA) is 104 Å². The van der Waals surface area contributed by atoms with Gasteiger partial charge in [-0.05, 0) is 43.3 Å². The lowest BCUT2D eigenvalue weighted by molar-refractivity contribution is -0.124. The number of ketones is 1. The van der Waals surface area contributed by atoms with Gasteiger partial charge in [0.2, 0.25) is 5.88 Å². The molecule has 3 rings (SSSR count). The minimum Gasteiger partial charge on any atom is -0.464 e. The number of hydrogen-bond donors (Lipinski definition) is 1. The van der Waals surface area contributed by atoms with Crippen LogP contribution >= 0.6 is 11.6 Å². The van der Waals surface area contributed by atoms with Crippen LogP contribution in [0.2, 0.25) is 5.02 Å². The predicted molar refractivity (Wildman–Crippen MR) is 108 cm³/mol. The number of nitrogens with two attached hydrogens (primary N) is 1. The number of nitrogens with zero attached hydrogens (tertiary/aromatic N) is 2. The Morgan fingerprint density at radius 2 is 1.80 bits per heavy atom. The molecule has 0 saturated heterocycles. The van der Waals surface area contributed by atoms with Gasteiger partial charge in [-0.25, -0.2) is 9.37 Å². The highest BCUT2D eigenvalue weighted by Gasteiger charge is 2.16. The number of benzene rings is 2. The second kappa shape index (κ2) is 8.87. The van der Waals surface area contributed by atoms with Crippen molar-refractivity contribution < 1.29 is 23.5 Å². The standard InChI is InChI=1S/C21H17ClFN3O4/c1-11(27)17-10-19(29-12(2)20(24)28)26-21(25-17)13-3-6-15(7-4-13)30-18-9-14(22)5-8-16(18)23/h3-10,12H,1-2H3,(H2,24,28)/t12-/m0/s1. The van der Waals surface area contributed by atoms with Crippen LogP contribution < -0.4 is 15.2 Å². The molecular weight excluding hydrogens is 413 g/mol. The maximum atomic E-state index is 13.8. The second-order valence-electron chi connectivity index (χ2n) is 6.33. The van der Waals surface area contributed by atoms with Crippen LogP contribution in [-0.4, -0.2) is 27.8 Å². The third-order valence-corrected chi connectivity index (χ3v) is 4.23. The van der Waals surface area contributed by atoms with Crippen LogP contribution in [0.3, 0.4) is 0 Å². The molecule has 1 aromatic heterocycles. The lowest BCUT2D eigenvalue weighted by atomic mass is 10.2. The molecule has 0 unspecified atom stereocenters. The van der Waals surface area contributed by atoms with E-state index in [0.29, 0.717) is 16.3 Å². The molecule has 0 aliphatic carbocycles. The molecule has 3 aromatic rings. The average molecular weight is 430 g/mol. The Balaban J connectivity index is 1.89. The van der Waals surface area contributed by atoms with Crippen molar-refractivity contribution >= 4 is 23.3 Å². The minimum atomic E-state index is -0.934. The number of aromatic nitrogens is 2. The molecule has 0 radical (unpaired) electrons. The van der Waals surface area contributed by atoms with Crippen LogP contribution in [0.5, 0.6) is 17.4 Å². The summed E-state index contributed by atoms with van der Waals surface area (Å²) in [5, 5.41) is 0.343. The zero-order valence-electron chi connectivity index (χ0n) is 16.1. The van der Waals surface area contributed by atoms with Crippen molar-refractivity contribution in [2.24, 2.45) is 5.73 Å². The van der Waals surface area contributed by atoms with Crippen LogP contribution in [-0.2, 0) is 4.79 Å². The summed E-state index contributed by atoms with van der Waals surface area (Å²) in [6.07, 6.45) is -0.934. The van der Waals surface area contributed by atoms with Gasteiger partial charge in [0.25, 0.3) is 5.91 Å². The van der Waals surface area contributed by atoms with Gasteiger partial charge in [-0.15, -0.1) is 0 Å². The van der Waals surface area contributed by atoms with Crippen LogP contribution in [0, 0.1) is 5.82 Å². The SMILES string of the molecule is CC(=O)c1cc(O[C@@H](C)C(N)=O)nc(-c2ccc(Oc3cc(Cl)ccc3F)cc2)n1. The fraction of sp³-hybridized carbons (Fsp3) is 0.143.